The smallest absolute Gasteiger partial charge is 0.260 e. The highest BCUT2D eigenvalue weighted by Crippen LogP contribution is 2.49. The number of ether oxygens (including phenoxy) is 2. The minimum atomic E-state index is -0.144. The standard InChI is InChI=1S/C63H36BN3O2S2/c65-35-36-12-1-6-22-52-46(30-36)43-15-4-9-21-51(43)67(52)39-25-27-48-54(34-39)69-56-32-37(40-17-11-18-45-61-59(71-63(40)45)29-28-58-60(61)44-16-5-10-23-57(44)70-58)31-55-62(56)64(48)47-26-24-38(33-53(47)68-55)66-49-19-7-2-13-41(49)42-14-3-8-20-50(42)66/h1-11,13-21,23-34H,12,22H2/b6-1-,36-30+. The van der Waals surface area contributed by atoms with Gasteiger partial charge in [-0.1, -0.05) is 115 Å². The normalized spacial score (nSPS) is 14.9. The summed E-state index contributed by atoms with van der Waals surface area (Å²) >= 11 is 3.73. The molecule has 13 aromatic rings. The van der Waals surface area contributed by atoms with E-state index in [4.69, 9.17) is 9.47 Å². The minimum absolute atomic E-state index is 0.144. The molecule has 16 rings (SSSR count). The number of aromatic nitrogens is 2. The molecule has 0 atom stereocenters. The molecule has 330 valence electrons. The molecule has 0 N–H and O–H groups in total. The molecule has 4 aromatic heterocycles. The monoisotopic (exact) mass is 941 g/mol. The highest BCUT2D eigenvalue weighted by atomic mass is 32.1. The van der Waals surface area contributed by atoms with Crippen LogP contribution in [-0.2, 0) is 6.42 Å². The van der Waals surface area contributed by atoms with E-state index in [2.05, 4.69) is 209 Å². The molecule has 0 radical (unpaired) electrons. The molecule has 9 aromatic carbocycles. The highest BCUT2D eigenvalue weighted by Gasteiger charge is 2.41. The Kier molecular flexibility index (Phi) is 8.13. The molecular weight excluding hydrogens is 906 g/mol. The molecule has 0 bridgehead atoms. The summed E-state index contributed by atoms with van der Waals surface area (Å²) in [6, 6.07) is 66.4. The molecular formula is C63H36BN3O2S2. The van der Waals surface area contributed by atoms with Crippen molar-refractivity contribution in [2.45, 2.75) is 12.8 Å². The van der Waals surface area contributed by atoms with E-state index < -0.39 is 0 Å². The fourth-order valence-electron chi connectivity index (χ4n) is 12.1. The van der Waals surface area contributed by atoms with Gasteiger partial charge in [0.05, 0.1) is 22.6 Å². The number of hydrogen-bond acceptors (Lipinski definition) is 5. The van der Waals surface area contributed by atoms with Crippen LogP contribution >= 0.6 is 22.7 Å². The Bertz CT molecular complexity index is 4580. The minimum Gasteiger partial charge on any atom is -0.458 e. The first-order valence-corrected chi connectivity index (χ1v) is 25.7. The Morgan fingerprint density at radius 1 is 0.493 bits per heavy atom. The third-order valence-corrected chi connectivity index (χ3v) is 17.5. The molecule has 71 heavy (non-hydrogen) atoms. The van der Waals surface area contributed by atoms with Crippen molar-refractivity contribution in [3.8, 4) is 51.6 Å². The molecule has 6 heterocycles. The lowest BCUT2D eigenvalue weighted by molar-refractivity contribution is 0.464. The predicted molar refractivity (Wildman–Crippen MR) is 298 cm³/mol. The van der Waals surface area contributed by atoms with Crippen LogP contribution in [0, 0.1) is 11.3 Å². The number of rotatable bonds is 3. The van der Waals surface area contributed by atoms with E-state index >= 15 is 0 Å². The second-order valence-electron chi connectivity index (χ2n) is 18.9. The maximum absolute atomic E-state index is 10.1. The van der Waals surface area contributed by atoms with Crippen LogP contribution in [0.25, 0.3) is 102 Å². The first kappa shape index (κ1) is 39.3. The zero-order valence-corrected chi connectivity index (χ0v) is 39.6. The summed E-state index contributed by atoms with van der Waals surface area (Å²) in [4.78, 5) is 0. The maximum Gasteiger partial charge on any atom is 0.260 e. The largest absolute Gasteiger partial charge is 0.458 e. The van der Waals surface area contributed by atoms with Crippen molar-refractivity contribution in [1.29, 1.82) is 5.26 Å². The number of fused-ring (bicyclic) bond motifs is 17. The van der Waals surface area contributed by atoms with E-state index in [-0.39, 0.29) is 6.71 Å². The summed E-state index contributed by atoms with van der Waals surface area (Å²) in [6.07, 6.45) is 7.76. The molecule has 0 amide bonds. The van der Waals surface area contributed by atoms with E-state index in [0.717, 1.165) is 107 Å². The Morgan fingerprint density at radius 2 is 1.07 bits per heavy atom. The molecule has 0 spiro atoms. The Hall–Kier alpha value is -8.61. The van der Waals surface area contributed by atoms with Gasteiger partial charge in [-0.15, -0.1) is 22.7 Å². The van der Waals surface area contributed by atoms with Crippen LogP contribution in [0.3, 0.4) is 0 Å². The van der Waals surface area contributed by atoms with Gasteiger partial charge in [-0.2, -0.15) is 5.26 Å². The van der Waals surface area contributed by atoms with E-state index in [0.29, 0.717) is 6.42 Å². The molecule has 0 saturated heterocycles. The molecule has 1 aliphatic carbocycles. The van der Waals surface area contributed by atoms with Crippen LogP contribution in [-0.4, -0.2) is 15.8 Å². The molecule has 3 aliphatic rings. The number of nitriles is 1. The Labute approximate surface area is 415 Å². The Balaban J connectivity index is 0.918. The number of para-hydroxylation sites is 3. The molecule has 2 aliphatic heterocycles. The molecule has 0 fully saturated rings. The average Bonchev–Trinajstić information content (AvgIpc) is 4.15. The van der Waals surface area contributed by atoms with Gasteiger partial charge in [0.15, 0.2) is 0 Å². The van der Waals surface area contributed by atoms with Gasteiger partial charge in [-0.3, -0.25) is 0 Å². The van der Waals surface area contributed by atoms with Crippen molar-refractivity contribution < 1.29 is 9.47 Å². The van der Waals surface area contributed by atoms with Gasteiger partial charge >= 0.3 is 0 Å². The third kappa shape index (κ3) is 5.56. The number of benzene rings is 9. The summed E-state index contributed by atoms with van der Waals surface area (Å²) in [5.41, 5.74) is 13.9. The Morgan fingerprint density at radius 3 is 1.77 bits per heavy atom. The number of thiophene rings is 2. The van der Waals surface area contributed by atoms with Crippen molar-refractivity contribution in [2.75, 3.05) is 0 Å². The number of allylic oxidation sites excluding steroid dienone is 3. The predicted octanol–water partition coefficient (Wildman–Crippen LogP) is 15.3. The van der Waals surface area contributed by atoms with Gasteiger partial charge in [0.25, 0.3) is 6.71 Å². The molecule has 0 unspecified atom stereocenters. The lowest BCUT2D eigenvalue weighted by Gasteiger charge is -2.34. The lowest BCUT2D eigenvalue weighted by atomic mass is 9.35. The van der Waals surface area contributed by atoms with Crippen LogP contribution in [0.15, 0.2) is 194 Å². The van der Waals surface area contributed by atoms with Crippen molar-refractivity contribution in [1.82, 2.24) is 9.13 Å². The maximum atomic E-state index is 10.1. The number of hydrogen-bond donors (Lipinski definition) is 0. The van der Waals surface area contributed by atoms with Crippen molar-refractivity contribution in [3.63, 3.8) is 0 Å². The van der Waals surface area contributed by atoms with Gasteiger partial charge in [-0.25, -0.2) is 0 Å². The number of nitrogens with zero attached hydrogens (tertiary/aromatic N) is 3. The van der Waals surface area contributed by atoms with Gasteiger partial charge in [-0.05, 0) is 88.8 Å². The van der Waals surface area contributed by atoms with Crippen molar-refractivity contribution in [3.05, 3.63) is 205 Å². The van der Waals surface area contributed by atoms with Gasteiger partial charge in [0.1, 0.15) is 23.0 Å². The van der Waals surface area contributed by atoms with Crippen molar-refractivity contribution >= 4 is 125 Å². The van der Waals surface area contributed by atoms with E-state index in [1.54, 1.807) is 0 Å². The van der Waals surface area contributed by atoms with Crippen LogP contribution in [0.2, 0.25) is 0 Å². The van der Waals surface area contributed by atoms with Crippen LogP contribution in [0.1, 0.15) is 17.7 Å². The SMILES string of the molecule is N#C/C1=C/c2c(n(-c3ccc4c(c3)Oc3cc(-c5cccc6c5sc5ccc7sc8ccccc8c7c56)cc5c3B4c3ccc(-n4c6ccccc6c6ccccc64)cc3O5)c3ccccc23)C/C=C\C1. The fraction of sp³-hybridized carbons (Fsp3) is 0.0317. The molecule has 0 saturated carbocycles. The summed E-state index contributed by atoms with van der Waals surface area (Å²) in [5.74, 6) is 3.25. The van der Waals surface area contributed by atoms with Gasteiger partial charge in [0.2, 0.25) is 0 Å². The van der Waals surface area contributed by atoms with E-state index in [1.165, 1.54) is 51.1 Å². The van der Waals surface area contributed by atoms with E-state index in [9.17, 15) is 5.26 Å². The van der Waals surface area contributed by atoms with Crippen LogP contribution < -0.4 is 25.9 Å². The third-order valence-electron chi connectivity index (χ3n) is 15.2. The summed E-state index contributed by atoms with van der Waals surface area (Å²) in [6.45, 7) is -0.144. The van der Waals surface area contributed by atoms with Gasteiger partial charge in [0, 0.05) is 115 Å². The topological polar surface area (TPSA) is 52.1 Å². The summed E-state index contributed by atoms with van der Waals surface area (Å²) in [7, 11) is 0. The van der Waals surface area contributed by atoms with Crippen LogP contribution in [0.4, 0.5) is 0 Å². The average molecular weight is 942 g/mol. The molecule has 8 heteroatoms. The zero-order valence-electron chi connectivity index (χ0n) is 37.9. The summed E-state index contributed by atoms with van der Waals surface area (Å²) < 4.78 is 24.4. The van der Waals surface area contributed by atoms with E-state index in [1.807, 2.05) is 22.7 Å². The lowest BCUT2D eigenvalue weighted by Crippen LogP contribution is -2.57. The molecule has 5 nitrogen and oxygen atoms in total. The quantitative estimate of drug-likeness (QED) is 0.131. The fourth-order valence-corrected chi connectivity index (χ4v) is 14.5. The highest BCUT2D eigenvalue weighted by molar-refractivity contribution is 7.28. The zero-order chi connectivity index (χ0) is 46.5. The summed E-state index contributed by atoms with van der Waals surface area (Å²) in [5, 5.41) is 18.9. The first-order chi connectivity index (χ1) is 35.1. The van der Waals surface area contributed by atoms with Crippen LogP contribution in [0.5, 0.6) is 23.0 Å². The first-order valence-electron chi connectivity index (χ1n) is 24.1. The second kappa shape index (κ2) is 14.7. The van der Waals surface area contributed by atoms with Gasteiger partial charge < -0.3 is 18.6 Å². The second-order valence-corrected chi connectivity index (χ2v) is 21.0. The van der Waals surface area contributed by atoms with Crippen molar-refractivity contribution in [2.24, 2.45) is 0 Å².